The van der Waals surface area contributed by atoms with Gasteiger partial charge in [0.05, 0.1) is 6.20 Å². The average Bonchev–Trinajstić information content (AvgIpc) is 3.09. The van der Waals surface area contributed by atoms with Crippen LogP contribution in [0.5, 0.6) is 0 Å². The van der Waals surface area contributed by atoms with E-state index in [2.05, 4.69) is 46.7 Å². The maximum Gasteiger partial charge on any atom is 0.224 e. The Morgan fingerprint density at radius 2 is 1.78 bits per heavy atom. The number of aryl methyl sites for hydroxylation is 2. The largest absolute Gasteiger partial charge is 0.326 e. The quantitative estimate of drug-likeness (QED) is 0.749. The Labute approximate surface area is 135 Å². The zero-order valence-corrected chi connectivity index (χ0v) is 13.0. The number of aromatic amines is 1. The van der Waals surface area contributed by atoms with E-state index in [-0.39, 0.29) is 5.91 Å². The van der Waals surface area contributed by atoms with Crippen molar-refractivity contribution >= 4 is 11.6 Å². The first-order valence-corrected chi connectivity index (χ1v) is 7.65. The van der Waals surface area contributed by atoms with Crippen LogP contribution in [0.25, 0.3) is 11.1 Å². The number of aromatic nitrogens is 2. The molecule has 3 aromatic rings. The van der Waals surface area contributed by atoms with Crippen molar-refractivity contribution in [2.24, 2.45) is 0 Å². The number of rotatable bonds is 5. The fourth-order valence-electron chi connectivity index (χ4n) is 2.39. The molecular formula is C19H19N3O. The topological polar surface area (TPSA) is 57.8 Å². The number of H-pyrrole nitrogens is 1. The Bertz CT molecular complexity index is 759. The number of carbonyl (C=O) groups is 1. The zero-order valence-electron chi connectivity index (χ0n) is 13.0. The molecule has 2 N–H and O–H groups in total. The molecule has 1 aromatic heterocycles. The van der Waals surface area contributed by atoms with E-state index >= 15 is 0 Å². The molecule has 23 heavy (non-hydrogen) atoms. The predicted octanol–water partition coefficient (Wildman–Crippen LogP) is 3.96. The number of anilines is 1. The summed E-state index contributed by atoms with van der Waals surface area (Å²) < 4.78 is 0. The zero-order chi connectivity index (χ0) is 16.1. The first-order valence-electron chi connectivity index (χ1n) is 7.65. The van der Waals surface area contributed by atoms with E-state index in [1.807, 2.05) is 30.5 Å². The van der Waals surface area contributed by atoms with E-state index in [0.717, 1.165) is 23.2 Å². The number of hydrogen-bond donors (Lipinski definition) is 2. The first-order chi connectivity index (χ1) is 11.2. The second-order valence-corrected chi connectivity index (χ2v) is 5.60. The maximum absolute atomic E-state index is 12.0. The van der Waals surface area contributed by atoms with Crippen LogP contribution in [0.3, 0.4) is 0 Å². The third-order valence-corrected chi connectivity index (χ3v) is 3.76. The van der Waals surface area contributed by atoms with Gasteiger partial charge in [-0.25, -0.2) is 0 Å². The number of amides is 1. The van der Waals surface area contributed by atoms with Crippen molar-refractivity contribution < 1.29 is 4.79 Å². The molecule has 0 bridgehead atoms. The standard InChI is InChI=1S/C19H19N3O/c1-14-2-4-15(5-3-14)6-11-19(23)22-18-9-7-16(8-10-18)17-12-20-21-13-17/h2-5,7-10,12-13H,6,11H2,1H3,(H,20,21)(H,22,23). The van der Waals surface area contributed by atoms with Gasteiger partial charge in [0, 0.05) is 23.9 Å². The normalized spacial score (nSPS) is 10.5. The molecule has 3 rings (SSSR count). The summed E-state index contributed by atoms with van der Waals surface area (Å²) in [6.45, 7) is 2.06. The van der Waals surface area contributed by atoms with Gasteiger partial charge in [-0.05, 0) is 36.6 Å². The van der Waals surface area contributed by atoms with E-state index in [1.165, 1.54) is 11.1 Å². The van der Waals surface area contributed by atoms with Gasteiger partial charge in [0.2, 0.25) is 5.91 Å². The van der Waals surface area contributed by atoms with Crippen LogP contribution in [0, 0.1) is 6.92 Å². The van der Waals surface area contributed by atoms with Gasteiger partial charge in [-0.2, -0.15) is 5.10 Å². The lowest BCUT2D eigenvalue weighted by Gasteiger charge is -2.06. The molecule has 116 valence electrons. The highest BCUT2D eigenvalue weighted by Crippen LogP contribution is 2.20. The van der Waals surface area contributed by atoms with Crippen LogP contribution in [-0.4, -0.2) is 16.1 Å². The van der Waals surface area contributed by atoms with Crippen LogP contribution in [0.15, 0.2) is 60.9 Å². The Morgan fingerprint density at radius 1 is 1.04 bits per heavy atom. The average molecular weight is 305 g/mol. The number of nitrogens with zero attached hydrogens (tertiary/aromatic N) is 1. The van der Waals surface area contributed by atoms with Crippen molar-refractivity contribution in [2.75, 3.05) is 5.32 Å². The summed E-state index contributed by atoms with van der Waals surface area (Å²) >= 11 is 0. The SMILES string of the molecule is Cc1ccc(CCC(=O)Nc2ccc(-c3cn[nH]c3)cc2)cc1. The molecule has 0 unspecified atom stereocenters. The number of carbonyl (C=O) groups excluding carboxylic acids is 1. The molecule has 2 aromatic carbocycles. The molecule has 0 aliphatic carbocycles. The minimum Gasteiger partial charge on any atom is -0.326 e. The van der Waals surface area contributed by atoms with E-state index in [1.54, 1.807) is 6.20 Å². The van der Waals surface area contributed by atoms with Crippen molar-refractivity contribution in [3.05, 3.63) is 72.1 Å². The smallest absolute Gasteiger partial charge is 0.224 e. The van der Waals surface area contributed by atoms with Gasteiger partial charge >= 0.3 is 0 Å². The van der Waals surface area contributed by atoms with Crippen LogP contribution in [0.1, 0.15) is 17.5 Å². The summed E-state index contributed by atoms with van der Waals surface area (Å²) in [5.74, 6) is 0.0293. The van der Waals surface area contributed by atoms with Crippen LogP contribution >= 0.6 is 0 Å². The van der Waals surface area contributed by atoms with E-state index < -0.39 is 0 Å². The highest BCUT2D eigenvalue weighted by molar-refractivity contribution is 5.91. The van der Waals surface area contributed by atoms with Gasteiger partial charge in [-0.15, -0.1) is 0 Å². The first kappa shape index (κ1) is 15.0. The van der Waals surface area contributed by atoms with Crippen LogP contribution in [-0.2, 0) is 11.2 Å². The minimum atomic E-state index is 0.0293. The maximum atomic E-state index is 12.0. The summed E-state index contributed by atoms with van der Waals surface area (Å²) in [7, 11) is 0. The van der Waals surface area contributed by atoms with Crippen molar-refractivity contribution in [2.45, 2.75) is 19.8 Å². The molecule has 1 amide bonds. The fourth-order valence-corrected chi connectivity index (χ4v) is 2.39. The lowest BCUT2D eigenvalue weighted by molar-refractivity contribution is -0.116. The highest BCUT2D eigenvalue weighted by atomic mass is 16.1. The molecule has 4 nitrogen and oxygen atoms in total. The molecule has 0 aliphatic rings. The second kappa shape index (κ2) is 6.92. The Balaban J connectivity index is 1.54. The van der Waals surface area contributed by atoms with Crippen LogP contribution < -0.4 is 5.32 Å². The molecule has 0 aliphatic heterocycles. The van der Waals surface area contributed by atoms with E-state index in [4.69, 9.17) is 0 Å². The van der Waals surface area contributed by atoms with Gasteiger partial charge in [0.1, 0.15) is 0 Å². The van der Waals surface area contributed by atoms with Crippen molar-refractivity contribution in [1.82, 2.24) is 10.2 Å². The minimum absolute atomic E-state index is 0.0293. The second-order valence-electron chi connectivity index (χ2n) is 5.60. The van der Waals surface area contributed by atoms with Crippen LogP contribution in [0.2, 0.25) is 0 Å². The third-order valence-electron chi connectivity index (χ3n) is 3.76. The Hall–Kier alpha value is -2.88. The Morgan fingerprint density at radius 3 is 2.43 bits per heavy atom. The van der Waals surface area contributed by atoms with Gasteiger partial charge < -0.3 is 5.32 Å². The summed E-state index contributed by atoms with van der Waals surface area (Å²) in [4.78, 5) is 12.0. The molecule has 0 radical (unpaired) electrons. The molecule has 4 heteroatoms. The number of nitrogens with one attached hydrogen (secondary N) is 2. The molecular weight excluding hydrogens is 286 g/mol. The molecule has 0 saturated heterocycles. The summed E-state index contributed by atoms with van der Waals surface area (Å²) in [6, 6.07) is 16.0. The lowest BCUT2D eigenvalue weighted by Crippen LogP contribution is -2.12. The molecule has 0 atom stereocenters. The number of hydrogen-bond acceptors (Lipinski definition) is 2. The highest BCUT2D eigenvalue weighted by Gasteiger charge is 2.04. The van der Waals surface area contributed by atoms with Gasteiger partial charge in [-0.3, -0.25) is 9.89 Å². The Kier molecular flexibility index (Phi) is 4.52. The van der Waals surface area contributed by atoms with Gasteiger partial charge in [0.15, 0.2) is 0 Å². The summed E-state index contributed by atoms with van der Waals surface area (Å²) in [5, 5.41) is 9.66. The molecule has 1 heterocycles. The molecule has 0 fully saturated rings. The molecule has 0 spiro atoms. The predicted molar refractivity (Wildman–Crippen MR) is 92.2 cm³/mol. The van der Waals surface area contributed by atoms with Crippen molar-refractivity contribution in [3.8, 4) is 11.1 Å². The van der Waals surface area contributed by atoms with Crippen molar-refractivity contribution in [3.63, 3.8) is 0 Å². The lowest BCUT2D eigenvalue weighted by atomic mass is 10.1. The monoisotopic (exact) mass is 305 g/mol. The summed E-state index contributed by atoms with van der Waals surface area (Å²) in [5.41, 5.74) is 5.32. The van der Waals surface area contributed by atoms with Crippen molar-refractivity contribution in [1.29, 1.82) is 0 Å². The van der Waals surface area contributed by atoms with E-state index in [0.29, 0.717) is 6.42 Å². The van der Waals surface area contributed by atoms with E-state index in [9.17, 15) is 4.79 Å². The van der Waals surface area contributed by atoms with Gasteiger partial charge in [-0.1, -0.05) is 42.0 Å². The van der Waals surface area contributed by atoms with Gasteiger partial charge in [0.25, 0.3) is 0 Å². The number of benzene rings is 2. The molecule has 0 saturated carbocycles. The fraction of sp³-hybridized carbons (Fsp3) is 0.158. The summed E-state index contributed by atoms with van der Waals surface area (Å²) in [6.07, 6.45) is 4.84. The van der Waals surface area contributed by atoms with Crippen LogP contribution in [0.4, 0.5) is 5.69 Å². The third kappa shape index (κ3) is 4.07.